The Labute approximate surface area is 94.4 Å². The van der Waals surface area contributed by atoms with Crippen LogP contribution in [0.1, 0.15) is 18.9 Å². The number of benzene rings is 1. The Kier molecular flexibility index (Phi) is 5.19. The van der Waals surface area contributed by atoms with Gasteiger partial charge in [0.1, 0.15) is 12.4 Å². The molecule has 0 aliphatic rings. The molecule has 0 amide bonds. The summed E-state index contributed by atoms with van der Waals surface area (Å²) < 4.78 is 28.6. The third-order valence-electron chi connectivity index (χ3n) is 2.32. The average Bonchev–Trinajstić information content (AvgIpc) is 2.28. The summed E-state index contributed by atoms with van der Waals surface area (Å²) in [5.41, 5.74) is 6.91. The first-order valence-electron chi connectivity index (χ1n) is 5.37. The normalized spacial score (nSPS) is 12.8. The molecule has 16 heavy (non-hydrogen) atoms. The third-order valence-corrected chi connectivity index (χ3v) is 2.32. The maximum absolute atomic E-state index is 11.9. The van der Waals surface area contributed by atoms with Gasteiger partial charge in [-0.05, 0) is 30.5 Å². The fourth-order valence-electron chi connectivity index (χ4n) is 1.33. The molecule has 4 heteroatoms. The van der Waals surface area contributed by atoms with Crippen LogP contribution in [0.15, 0.2) is 24.3 Å². The molecule has 0 saturated carbocycles. The number of alkyl halides is 2. The highest BCUT2D eigenvalue weighted by atomic mass is 19.3. The van der Waals surface area contributed by atoms with E-state index in [1.54, 1.807) is 12.1 Å². The zero-order valence-corrected chi connectivity index (χ0v) is 9.33. The van der Waals surface area contributed by atoms with Crippen LogP contribution in [0.25, 0.3) is 0 Å². The summed E-state index contributed by atoms with van der Waals surface area (Å²) in [7, 11) is 0. The molecular weight excluding hydrogens is 212 g/mol. The first-order chi connectivity index (χ1) is 7.61. The molecule has 0 heterocycles. The van der Waals surface area contributed by atoms with Gasteiger partial charge in [0.15, 0.2) is 0 Å². The van der Waals surface area contributed by atoms with Crippen molar-refractivity contribution in [2.24, 2.45) is 5.73 Å². The van der Waals surface area contributed by atoms with Crippen molar-refractivity contribution in [1.82, 2.24) is 0 Å². The molecule has 0 aliphatic heterocycles. The van der Waals surface area contributed by atoms with Gasteiger partial charge >= 0.3 is 0 Å². The van der Waals surface area contributed by atoms with E-state index in [4.69, 9.17) is 10.5 Å². The van der Waals surface area contributed by atoms with E-state index in [1.165, 1.54) is 0 Å². The van der Waals surface area contributed by atoms with E-state index < -0.39 is 13.0 Å². The van der Waals surface area contributed by atoms with Crippen LogP contribution in [-0.2, 0) is 6.42 Å². The Hall–Kier alpha value is -1.16. The first-order valence-corrected chi connectivity index (χ1v) is 5.37. The molecule has 1 atom stereocenters. The summed E-state index contributed by atoms with van der Waals surface area (Å²) in [6.07, 6.45) is -0.719. The minimum atomic E-state index is -2.44. The SMILES string of the molecule is CCC(N)Cc1ccc(OCC(F)F)cc1. The van der Waals surface area contributed by atoms with Gasteiger partial charge in [0, 0.05) is 6.04 Å². The van der Waals surface area contributed by atoms with E-state index in [2.05, 4.69) is 0 Å². The van der Waals surface area contributed by atoms with E-state index in [0.717, 1.165) is 18.4 Å². The number of nitrogens with two attached hydrogens (primary N) is 1. The summed E-state index contributed by atoms with van der Waals surface area (Å²) in [5, 5.41) is 0. The maximum atomic E-state index is 11.9. The van der Waals surface area contributed by atoms with Crippen molar-refractivity contribution in [2.45, 2.75) is 32.2 Å². The average molecular weight is 229 g/mol. The lowest BCUT2D eigenvalue weighted by molar-refractivity contribution is 0.0819. The standard InChI is InChI=1S/C12H17F2NO/c1-2-10(15)7-9-3-5-11(6-4-9)16-8-12(13)14/h3-6,10,12H,2,7-8,15H2,1H3. The number of rotatable bonds is 6. The molecule has 1 unspecified atom stereocenters. The predicted octanol–water partition coefficient (Wildman–Crippen LogP) is 2.61. The van der Waals surface area contributed by atoms with Gasteiger partial charge in [-0.2, -0.15) is 0 Å². The van der Waals surface area contributed by atoms with Crippen molar-refractivity contribution in [2.75, 3.05) is 6.61 Å². The molecule has 0 aliphatic carbocycles. The zero-order valence-electron chi connectivity index (χ0n) is 9.33. The fourth-order valence-corrected chi connectivity index (χ4v) is 1.33. The van der Waals surface area contributed by atoms with Crippen molar-refractivity contribution in [3.8, 4) is 5.75 Å². The van der Waals surface area contributed by atoms with Crippen molar-refractivity contribution < 1.29 is 13.5 Å². The third kappa shape index (κ3) is 4.57. The second kappa shape index (κ2) is 6.43. The molecule has 0 radical (unpaired) electrons. The summed E-state index contributed by atoms with van der Waals surface area (Å²) in [6.45, 7) is 1.47. The number of hydrogen-bond donors (Lipinski definition) is 1. The highest BCUT2D eigenvalue weighted by molar-refractivity contribution is 5.27. The van der Waals surface area contributed by atoms with Gasteiger partial charge in [-0.1, -0.05) is 19.1 Å². The monoisotopic (exact) mass is 229 g/mol. The fraction of sp³-hybridized carbons (Fsp3) is 0.500. The number of ether oxygens (including phenoxy) is 1. The van der Waals surface area contributed by atoms with Crippen molar-refractivity contribution >= 4 is 0 Å². The van der Waals surface area contributed by atoms with E-state index in [1.807, 2.05) is 19.1 Å². The lowest BCUT2D eigenvalue weighted by Crippen LogP contribution is -2.21. The molecule has 0 spiro atoms. The number of hydrogen-bond acceptors (Lipinski definition) is 2. The van der Waals surface area contributed by atoms with Gasteiger partial charge < -0.3 is 10.5 Å². The molecular formula is C12H17F2NO. The van der Waals surface area contributed by atoms with Gasteiger partial charge in [-0.15, -0.1) is 0 Å². The summed E-state index contributed by atoms with van der Waals surface area (Å²) in [4.78, 5) is 0. The smallest absolute Gasteiger partial charge is 0.272 e. The molecule has 1 aromatic carbocycles. The minimum Gasteiger partial charge on any atom is -0.488 e. The molecule has 1 aromatic rings. The van der Waals surface area contributed by atoms with Gasteiger partial charge in [0.25, 0.3) is 6.43 Å². The molecule has 1 rings (SSSR count). The number of halogens is 2. The van der Waals surface area contributed by atoms with Crippen molar-refractivity contribution in [1.29, 1.82) is 0 Å². The van der Waals surface area contributed by atoms with Crippen molar-refractivity contribution in [3.63, 3.8) is 0 Å². The summed E-state index contributed by atoms with van der Waals surface area (Å²) >= 11 is 0. The molecule has 90 valence electrons. The highest BCUT2D eigenvalue weighted by Crippen LogP contribution is 2.14. The lowest BCUT2D eigenvalue weighted by atomic mass is 10.0. The van der Waals surface area contributed by atoms with Crippen LogP contribution in [0.5, 0.6) is 5.75 Å². The van der Waals surface area contributed by atoms with Gasteiger partial charge in [0.05, 0.1) is 0 Å². The molecule has 2 N–H and O–H groups in total. The largest absolute Gasteiger partial charge is 0.488 e. The predicted molar refractivity (Wildman–Crippen MR) is 59.9 cm³/mol. The minimum absolute atomic E-state index is 0.146. The van der Waals surface area contributed by atoms with E-state index in [9.17, 15) is 8.78 Å². The van der Waals surface area contributed by atoms with Crippen LogP contribution in [0.3, 0.4) is 0 Å². The molecule has 2 nitrogen and oxygen atoms in total. The second-order valence-electron chi connectivity index (χ2n) is 3.72. The van der Waals surface area contributed by atoms with Crippen LogP contribution in [0, 0.1) is 0 Å². The zero-order chi connectivity index (χ0) is 12.0. The van der Waals surface area contributed by atoms with Gasteiger partial charge in [-0.3, -0.25) is 0 Å². The topological polar surface area (TPSA) is 35.2 Å². The lowest BCUT2D eigenvalue weighted by Gasteiger charge is -2.09. The molecule has 0 bridgehead atoms. The first kappa shape index (κ1) is 12.9. The van der Waals surface area contributed by atoms with Crippen LogP contribution < -0.4 is 10.5 Å². The van der Waals surface area contributed by atoms with E-state index >= 15 is 0 Å². The van der Waals surface area contributed by atoms with Crippen LogP contribution in [-0.4, -0.2) is 19.1 Å². The van der Waals surface area contributed by atoms with E-state index in [-0.39, 0.29) is 6.04 Å². The van der Waals surface area contributed by atoms with Crippen molar-refractivity contribution in [3.05, 3.63) is 29.8 Å². The Bertz CT molecular complexity index is 300. The molecule has 0 saturated heterocycles. The Balaban J connectivity index is 2.47. The van der Waals surface area contributed by atoms with Gasteiger partial charge in [0.2, 0.25) is 0 Å². The Morgan fingerprint density at radius 1 is 1.25 bits per heavy atom. The Morgan fingerprint density at radius 3 is 2.38 bits per heavy atom. The Morgan fingerprint density at radius 2 is 1.88 bits per heavy atom. The molecule has 0 aromatic heterocycles. The highest BCUT2D eigenvalue weighted by Gasteiger charge is 2.04. The second-order valence-corrected chi connectivity index (χ2v) is 3.72. The quantitative estimate of drug-likeness (QED) is 0.813. The maximum Gasteiger partial charge on any atom is 0.272 e. The van der Waals surface area contributed by atoms with Crippen LogP contribution in [0.4, 0.5) is 8.78 Å². The van der Waals surface area contributed by atoms with E-state index in [0.29, 0.717) is 5.75 Å². The summed E-state index contributed by atoms with van der Waals surface area (Å²) in [5.74, 6) is 0.467. The van der Waals surface area contributed by atoms with Crippen LogP contribution >= 0.6 is 0 Å². The molecule has 0 fully saturated rings. The van der Waals surface area contributed by atoms with Crippen LogP contribution in [0.2, 0.25) is 0 Å². The van der Waals surface area contributed by atoms with Gasteiger partial charge in [-0.25, -0.2) is 8.78 Å². The summed E-state index contributed by atoms with van der Waals surface area (Å²) in [6, 6.07) is 7.25.